The Morgan fingerprint density at radius 3 is 2.42 bits per heavy atom. The first-order chi connectivity index (χ1) is 8.86. The van der Waals surface area contributed by atoms with E-state index >= 15 is 0 Å². The van der Waals surface area contributed by atoms with E-state index in [1.165, 1.54) is 12.1 Å². The van der Waals surface area contributed by atoms with Crippen LogP contribution in [0.25, 0.3) is 0 Å². The molecule has 2 amide bonds. The lowest BCUT2D eigenvalue weighted by molar-refractivity contribution is -0.120. The second-order valence-electron chi connectivity index (χ2n) is 4.63. The summed E-state index contributed by atoms with van der Waals surface area (Å²) in [5.41, 5.74) is 11.5. The lowest BCUT2D eigenvalue weighted by atomic mass is 9.95. The maximum absolute atomic E-state index is 12.0. The molecule has 1 aromatic carbocycles. The zero-order valence-electron chi connectivity index (χ0n) is 10.9. The minimum Gasteiger partial charge on any atom is -0.366 e. The SMILES string of the molecule is CC(C)C(CN)C(=O)Nc1ccc(C(N)=O)c(Cl)c1. The van der Waals surface area contributed by atoms with E-state index in [2.05, 4.69) is 5.32 Å². The third-order valence-electron chi connectivity index (χ3n) is 2.90. The summed E-state index contributed by atoms with van der Waals surface area (Å²) in [6, 6.07) is 4.55. The normalized spacial score (nSPS) is 12.3. The van der Waals surface area contributed by atoms with Gasteiger partial charge in [-0.3, -0.25) is 9.59 Å². The van der Waals surface area contributed by atoms with Gasteiger partial charge in [0, 0.05) is 12.2 Å². The molecule has 0 aliphatic carbocycles. The summed E-state index contributed by atoms with van der Waals surface area (Å²) in [6.07, 6.45) is 0. The highest BCUT2D eigenvalue weighted by Gasteiger charge is 2.20. The Bertz CT molecular complexity index is 489. The Kier molecular flexibility index (Phi) is 5.32. The van der Waals surface area contributed by atoms with Crippen LogP contribution in [0.3, 0.4) is 0 Å². The summed E-state index contributed by atoms with van der Waals surface area (Å²) in [4.78, 5) is 23.0. The van der Waals surface area contributed by atoms with Crippen LogP contribution < -0.4 is 16.8 Å². The van der Waals surface area contributed by atoms with E-state index in [1.54, 1.807) is 6.07 Å². The number of halogens is 1. The van der Waals surface area contributed by atoms with Gasteiger partial charge in [0.15, 0.2) is 0 Å². The first kappa shape index (κ1) is 15.5. The van der Waals surface area contributed by atoms with Crippen LogP contribution >= 0.6 is 11.6 Å². The quantitative estimate of drug-likeness (QED) is 0.765. The van der Waals surface area contributed by atoms with Crippen molar-refractivity contribution in [3.05, 3.63) is 28.8 Å². The molecule has 0 aliphatic heterocycles. The molecular weight excluding hydrogens is 266 g/mol. The minimum absolute atomic E-state index is 0.144. The number of nitrogens with two attached hydrogens (primary N) is 2. The lowest BCUT2D eigenvalue weighted by Gasteiger charge is -2.18. The first-order valence-electron chi connectivity index (χ1n) is 5.97. The molecule has 0 aliphatic rings. The largest absolute Gasteiger partial charge is 0.366 e. The molecule has 0 radical (unpaired) electrons. The van der Waals surface area contributed by atoms with Crippen molar-refractivity contribution in [3.63, 3.8) is 0 Å². The van der Waals surface area contributed by atoms with Crippen molar-refractivity contribution >= 4 is 29.1 Å². The van der Waals surface area contributed by atoms with Crippen LogP contribution in [0, 0.1) is 11.8 Å². The van der Waals surface area contributed by atoms with Gasteiger partial charge in [-0.1, -0.05) is 25.4 Å². The van der Waals surface area contributed by atoms with Crippen LogP contribution in [0.2, 0.25) is 5.02 Å². The van der Waals surface area contributed by atoms with Gasteiger partial charge in [-0.2, -0.15) is 0 Å². The fraction of sp³-hybridized carbons (Fsp3) is 0.385. The van der Waals surface area contributed by atoms with Crippen molar-refractivity contribution in [2.24, 2.45) is 23.3 Å². The maximum Gasteiger partial charge on any atom is 0.250 e. The smallest absolute Gasteiger partial charge is 0.250 e. The third-order valence-corrected chi connectivity index (χ3v) is 3.21. The molecule has 6 heteroatoms. The highest BCUT2D eigenvalue weighted by Crippen LogP contribution is 2.21. The molecule has 5 N–H and O–H groups in total. The molecule has 104 valence electrons. The number of amides is 2. The van der Waals surface area contributed by atoms with E-state index in [9.17, 15) is 9.59 Å². The molecule has 0 heterocycles. The predicted molar refractivity (Wildman–Crippen MR) is 76.0 cm³/mol. The monoisotopic (exact) mass is 283 g/mol. The van der Waals surface area contributed by atoms with Gasteiger partial charge in [-0.25, -0.2) is 0 Å². The number of carbonyl (C=O) groups excluding carboxylic acids is 2. The highest BCUT2D eigenvalue weighted by atomic mass is 35.5. The summed E-state index contributed by atoms with van der Waals surface area (Å²) in [5.74, 6) is -0.898. The van der Waals surface area contributed by atoms with E-state index in [0.717, 1.165) is 0 Å². The standard InChI is InChI=1S/C13H18ClN3O2/c1-7(2)10(6-15)13(19)17-8-3-4-9(12(16)18)11(14)5-8/h3-5,7,10H,6,15H2,1-2H3,(H2,16,18)(H,17,19). The summed E-state index contributed by atoms with van der Waals surface area (Å²) in [5, 5.41) is 2.93. The van der Waals surface area contributed by atoms with Gasteiger partial charge in [0.1, 0.15) is 0 Å². The molecule has 1 atom stereocenters. The van der Waals surface area contributed by atoms with Gasteiger partial charge in [0.05, 0.1) is 16.5 Å². The van der Waals surface area contributed by atoms with E-state index in [1.807, 2.05) is 13.8 Å². The van der Waals surface area contributed by atoms with E-state index < -0.39 is 5.91 Å². The third kappa shape index (κ3) is 3.94. The fourth-order valence-corrected chi connectivity index (χ4v) is 1.98. The van der Waals surface area contributed by atoms with Gasteiger partial charge in [0.2, 0.25) is 11.8 Å². The number of carbonyl (C=O) groups is 2. The van der Waals surface area contributed by atoms with Crippen LogP contribution in [-0.2, 0) is 4.79 Å². The number of anilines is 1. The van der Waals surface area contributed by atoms with Crippen LogP contribution in [0.1, 0.15) is 24.2 Å². The Hall–Kier alpha value is -1.59. The second kappa shape index (κ2) is 6.54. The first-order valence-corrected chi connectivity index (χ1v) is 6.35. The zero-order chi connectivity index (χ0) is 14.6. The molecule has 0 aromatic heterocycles. The van der Waals surface area contributed by atoms with Crippen LogP contribution in [0.5, 0.6) is 0 Å². The van der Waals surface area contributed by atoms with Crippen molar-refractivity contribution in [2.45, 2.75) is 13.8 Å². The summed E-state index contributed by atoms with van der Waals surface area (Å²) < 4.78 is 0. The van der Waals surface area contributed by atoms with E-state index in [4.69, 9.17) is 23.1 Å². The molecule has 0 bridgehead atoms. The average Bonchev–Trinajstić information content (AvgIpc) is 2.28. The van der Waals surface area contributed by atoms with E-state index in [-0.39, 0.29) is 34.9 Å². The van der Waals surface area contributed by atoms with Crippen LogP contribution in [0.15, 0.2) is 18.2 Å². The topological polar surface area (TPSA) is 98.2 Å². The molecule has 1 rings (SSSR count). The fourth-order valence-electron chi connectivity index (χ4n) is 1.71. The molecule has 0 spiro atoms. The zero-order valence-corrected chi connectivity index (χ0v) is 11.7. The maximum atomic E-state index is 12.0. The van der Waals surface area contributed by atoms with Gasteiger partial charge in [0.25, 0.3) is 0 Å². The molecule has 0 fully saturated rings. The molecule has 0 saturated heterocycles. The van der Waals surface area contributed by atoms with Gasteiger partial charge >= 0.3 is 0 Å². The minimum atomic E-state index is -0.607. The number of hydrogen-bond acceptors (Lipinski definition) is 3. The predicted octanol–water partition coefficient (Wildman–Crippen LogP) is 1.61. The van der Waals surface area contributed by atoms with Crippen molar-refractivity contribution in [1.82, 2.24) is 0 Å². The number of rotatable bonds is 5. The second-order valence-corrected chi connectivity index (χ2v) is 5.04. The molecule has 0 saturated carbocycles. The van der Waals surface area contributed by atoms with Crippen molar-refractivity contribution < 1.29 is 9.59 Å². The van der Waals surface area contributed by atoms with Gasteiger partial charge < -0.3 is 16.8 Å². The van der Waals surface area contributed by atoms with Crippen LogP contribution in [0.4, 0.5) is 5.69 Å². The number of hydrogen-bond donors (Lipinski definition) is 3. The van der Waals surface area contributed by atoms with Gasteiger partial charge in [-0.05, 0) is 24.1 Å². The van der Waals surface area contributed by atoms with Crippen molar-refractivity contribution in [3.8, 4) is 0 Å². The molecule has 5 nitrogen and oxygen atoms in total. The number of benzene rings is 1. The summed E-state index contributed by atoms with van der Waals surface area (Å²) in [7, 11) is 0. The molecule has 1 unspecified atom stereocenters. The Morgan fingerprint density at radius 2 is 2.00 bits per heavy atom. The summed E-state index contributed by atoms with van der Waals surface area (Å²) >= 11 is 5.91. The highest BCUT2D eigenvalue weighted by molar-refractivity contribution is 6.34. The molecule has 1 aromatic rings. The Balaban J connectivity index is 2.86. The van der Waals surface area contributed by atoms with E-state index in [0.29, 0.717) is 5.69 Å². The number of nitrogens with one attached hydrogen (secondary N) is 1. The molecule has 19 heavy (non-hydrogen) atoms. The Morgan fingerprint density at radius 1 is 1.37 bits per heavy atom. The van der Waals surface area contributed by atoms with Crippen LogP contribution in [-0.4, -0.2) is 18.4 Å². The lowest BCUT2D eigenvalue weighted by Crippen LogP contribution is -2.33. The molecular formula is C13H18ClN3O2. The number of primary amides is 1. The van der Waals surface area contributed by atoms with Gasteiger partial charge in [-0.15, -0.1) is 0 Å². The Labute approximate surface area is 117 Å². The van der Waals surface area contributed by atoms with Crippen molar-refractivity contribution in [2.75, 3.05) is 11.9 Å². The summed E-state index contributed by atoms with van der Waals surface area (Å²) in [6.45, 7) is 4.14. The van der Waals surface area contributed by atoms with Crippen molar-refractivity contribution in [1.29, 1.82) is 0 Å². The average molecular weight is 284 g/mol.